The zero-order valence-corrected chi connectivity index (χ0v) is 16.8. The van der Waals surface area contributed by atoms with Gasteiger partial charge in [0.2, 0.25) is 0 Å². The molecule has 0 aromatic heterocycles. The SMILES string of the molecule is N[PH](Cl)(OC(=O)CCCCCBr)OC(=O)CCCCCBr. The molecule has 21 heavy (non-hydrogen) atoms. The predicted octanol–water partition coefficient (Wildman–Crippen LogP) is 4.59. The fourth-order valence-electron chi connectivity index (χ4n) is 1.51. The van der Waals surface area contributed by atoms with Gasteiger partial charge in [-0.1, -0.05) is 0 Å². The number of nitrogens with two attached hydrogens (primary N) is 1. The van der Waals surface area contributed by atoms with Gasteiger partial charge in [-0.05, 0) is 0 Å². The van der Waals surface area contributed by atoms with Gasteiger partial charge >= 0.3 is 148 Å². The van der Waals surface area contributed by atoms with Crippen LogP contribution in [0.5, 0.6) is 0 Å². The monoisotopic (exact) mass is 469 g/mol. The third kappa shape index (κ3) is 13.9. The van der Waals surface area contributed by atoms with Gasteiger partial charge in [0.1, 0.15) is 0 Å². The van der Waals surface area contributed by atoms with Gasteiger partial charge in [0.05, 0.1) is 0 Å². The third-order valence-electron chi connectivity index (χ3n) is 2.54. The van der Waals surface area contributed by atoms with Gasteiger partial charge in [-0.15, -0.1) is 0 Å². The minimum absolute atomic E-state index is 0.231. The Hall–Kier alpha value is 0.580. The van der Waals surface area contributed by atoms with Crippen LogP contribution in [0.2, 0.25) is 0 Å². The van der Waals surface area contributed by atoms with E-state index in [0.29, 0.717) is 12.8 Å². The van der Waals surface area contributed by atoms with Crippen molar-refractivity contribution in [2.45, 2.75) is 51.4 Å². The molecule has 0 fully saturated rings. The molecule has 0 atom stereocenters. The van der Waals surface area contributed by atoms with Crippen LogP contribution in [0.4, 0.5) is 0 Å². The Kier molecular flexibility index (Phi) is 13.4. The quantitative estimate of drug-likeness (QED) is 0.256. The predicted molar refractivity (Wildman–Crippen MR) is 95.1 cm³/mol. The Morgan fingerprint density at radius 2 is 1.24 bits per heavy atom. The summed E-state index contributed by atoms with van der Waals surface area (Å²) in [5.74, 6) is -1.03. The van der Waals surface area contributed by atoms with E-state index in [1.807, 2.05) is 0 Å². The van der Waals surface area contributed by atoms with Gasteiger partial charge < -0.3 is 0 Å². The summed E-state index contributed by atoms with van der Waals surface area (Å²) >= 11 is 12.4. The van der Waals surface area contributed by atoms with Crippen molar-refractivity contribution in [1.29, 1.82) is 0 Å². The Bertz CT molecular complexity index is 294. The molecule has 0 bridgehead atoms. The first-order valence-electron chi connectivity index (χ1n) is 6.94. The summed E-state index contributed by atoms with van der Waals surface area (Å²) in [5, 5.41) is 1.81. The zero-order valence-electron chi connectivity index (χ0n) is 11.9. The maximum atomic E-state index is 11.5. The van der Waals surface area contributed by atoms with Crippen molar-refractivity contribution in [3.05, 3.63) is 0 Å². The number of hydrogen-bond donors (Lipinski definition) is 1. The number of carbonyl (C=O) groups excluding carboxylic acids is 2. The molecule has 0 radical (unpaired) electrons. The van der Waals surface area contributed by atoms with Gasteiger partial charge in [0.15, 0.2) is 0 Å². The van der Waals surface area contributed by atoms with Crippen molar-refractivity contribution in [3.63, 3.8) is 0 Å². The molecule has 0 unspecified atom stereocenters. The van der Waals surface area contributed by atoms with Crippen LogP contribution in [0.15, 0.2) is 0 Å². The first-order valence-corrected chi connectivity index (χ1v) is 12.1. The van der Waals surface area contributed by atoms with E-state index in [1.54, 1.807) is 0 Å². The standard InChI is InChI=1S/C12H23Br2ClNO4P/c13-9-5-1-3-7-11(17)19-21(15,16)20-12(18)8-4-2-6-10-14/h21H,1-10,16H2. The number of hydrogen-bond acceptors (Lipinski definition) is 5. The number of halogens is 3. The van der Waals surface area contributed by atoms with E-state index in [2.05, 4.69) is 31.9 Å². The first-order chi connectivity index (χ1) is 9.91. The molecule has 0 saturated heterocycles. The molecule has 2 N–H and O–H groups in total. The van der Waals surface area contributed by atoms with Crippen LogP contribution >= 0.6 is 50.3 Å². The Morgan fingerprint density at radius 1 is 0.857 bits per heavy atom. The van der Waals surface area contributed by atoms with Crippen LogP contribution in [-0.2, 0) is 18.6 Å². The molecule has 0 amide bonds. The van der Waals surface area contributed by atoms with Crippen molar-refractivity contribution in [2.24, 2.45) is 5.50 Å². The van der Waals surface area contributed by atoms with Gasteiger partial charge in [0.25, 0.3) is 0 Å². The van der Waals surface area contributed by atoms with E-state index >= 15 is 0 Å². The van der Waals surface area contributed by atoms with Crippen molar-refractivity contribution in [2.75, 3.05) is 10.7 Å². The van der Waals surface area contributed by atoms with E-state index in [1.165, 1.54) is 0 Å². The molecule has 0 aliphatic carbocycles. The molecule has 0 aromatic carbocycles. The Morgan fingerprint density at radius 3 is 1.57 bits per heavy atom. The van der Waals surface area contributed by atoms with Crippen molar-refractivity contribution >= 4 is 62.3 Å². The summed E-state index contributed by atoms with van der Waals surface area (Å²) in [6.07, 6.45) is 5.66. The molecular formula is C12H23Br2ClNO4P. The topological polar surface area (TPSA) is 78.6 Å². The summed E-state index contributed by atoms with van der Waals surface area (Å²) < 4.78 is 9.79. The molecule has 5 nitrogen and oxygen atoms in total. The van der Waals surface area contributed by atoms with E-state index < -0.39 is 19.2 Å². The second-order valence-electron chi connectivity index (χ2n) is 4.53. The molecule has 0 saturated carbocycles. The van der Waals surface area contributed by atoms with E-state index in [0.717, 1.165) is 36.3 Å². The van der Waals surface area contributed by atoms with Crippen molar-refractivity contribution < 1.29 is 18.6 Å². The number of carbonyl (C=O) groups is 2. The van der Waals surface area contributed by atoms with Gasteiger partial charge in [-0.2, -0.15) is 0 Å². The Labute approximate surface area is 148 Å². The summed E-state index contributed by atoms with van der Waals surface area (Å²) in [7, 11) is -3.71. The second-order valence-corrected chi connectivity index (χ2v) is 9.27. The summed E-state index contributed by atoms with van der Waals surface area (Å²) in [5.41, 5.74) is 5.58. The summed E-state index contributed by atoms with van der Waals surface area (Å²) in [4.78, 5) is 23.1. The van der Waals surface area contributed by atoms with Gasteiger partial charge in [0, 0.05) is 0 Å². The second kappa shape index (κ2) is 13.1. The molecule has 0 aromatic rings. The van der Waals surface area contributed by atoms with Gasteiger partial charge in [-0.25, -0.2) is 0 Å². The van der Waals surface area contributed by atoms with Crippen LogP contribution in [-0.4, -0.2) is 22.6 Å². The van der Waals surface area contributed by atoms with Crippen LogP contribution in [0, 0.1) is 0 Å². The van der Waals surface area contributed by atoms with Crippen LogP contribution in [0.1, 0.15) is 51.4 Å². The summed E-state index contributed by atoms with van der Waals surface area (Å²) in [6, 6.07) is 0. The van der Waals surface area contributed by atoms with Crippen molar-refractivity contribution in [3.8, 4) is 0 Å². The fraction of sp³-hybridized carbons (Fsp3) is 0.833. The first kappa shape index (κ1) is 21.6. The van der Waals surface area contributed by atoms with Crippen LogP contribution < -0.4 is 5.50 Å². The molecular weight excluding hydrogens is 448 g/mol. The normalized spacial score (nSPS) is 12.0. The van der Waals surface area contributed by atoms with E-state index in [9.17, 15) is 9.59 Å². The molecule has 0 spiro atoms. The van der Waals surface area contributed by atoms with Crippen molar-refractivity contribution in [1.82, 2.24) is 0 Å². The van der Waals surface area contributed by atoms with Gasteiger partial charge in [-0.3, -0.25) is 0 Å². The Balaban J connectivity index is 3.89. The number of alkyl halides is 2. The van der Waals surface area contributed by atoms with Crippen LogP contribution in [0.25, 0.3) is 0 Å². The number of rotatable bonds is 12. The van der Waals surface area contributed by atoms with E-state index in [-0.39, 0.29) is 12.8 Å². The molecule has 126 valence electrons. The maximum absolute atomic E-state index is 11.5. The zero-order chi connectivity index (χ0) is 16.1. The third-order valence-corrected chi connectivity index (χ3v) is 5.13. The molecule has 9 heteroatoms. The fourth-order valence-corrected chi connectivity index (χ4v) is 3.69. The average molecular weight is 472 g/mol. The molecule has 0 heterocycles. The van der Waals surface area contributed by atoms with Crippen LogP contribution in [0.3, 0.4) is 0 Å². The minimum atomic E-state index is -3.71. The van der Waals surface area contributed by atoms with E-state index in [4.69, 9.17) is 25.8 Å². The molecule has 0 aliphatic rings. The molecule has 0 rings (SSSR count). The summed E-state index contributed by atoms with van der Waals surface area (Å²) in [6.45, 7) is 0. The number of unbranched alkanes of at least 4 members (excludes halogenated alkanes) is 4. The average Bonchev–Trinajstić information content (AvgIpc) is 2.38. The molecule has 0 aliphatic heterocycles.